The second kappa shape index (κ2) is 5.26. The third kappa shape index (κ3) is 2.89. The van der Waals surface area contributed by atoms with E-state index in [2.05, 4.69) is 36.4 Å². The lowest BCUT2D eigenvalue weighted by atomic mass is 10.0. The normalized spacial score (nSPS) is 14.7. The van der Waals surface area contributed by atoms with Crippen molar-refractivity contribution in [2.45, 2.75) is 13.3 Å². The van der Waals surface area contributed by atoms with Crippen molar-refractivity contribution < 1.29 is 0 Å². The molecule has 78 valence electrons. The molecule has 1 rings (SSSR count). The van der Waals surface area contributed by atoms with Gasteiger partial charge in [-0.05, 0) is 24.5 Å². The molecule has 0 aliphatic heterocycles. The first-order valence-corrected chi connectivity index (χ1v) is 5.08. The summed E-state index contributed by atoms with van der Waals surface area (Å²) in [4.78, 5) is 2.08. The summed E-state index contributed by atoms with van der Waals surface area (Å²) in [5.74, 6) is 0.414. The van der Waals surface area contributed by atoms with E-state index >= 15 is 0 Å². The van der Waals surface area contributed by atoms with Gasteiger partial charge in [-0.15, -0.1) is 6.58 Å². The van der Waals surface area contributed by atoms with Crippen LogP contribution in [0.15, 0.2) is 60.3 Å². The van der Waals surface area contributed by atoms with Gasteiger partial charge in [0.1, 0.15) is 0 Å². The Labute approximate surface area is 92.1 Å². The molecule has 0 spiro atoms. The minimum Gasteiger partial charge on any atom is -0.348 e. The van der Waals surface area contributed by atoms with E-state index in [1.165, 1.54) is 0 Å². The maximum absolute atomic E-state index is 4.10. The molecule has 0 aromatic rings. The summed E-state index contributed by atoms with van der Waals surface area (Å²) in [7, 11) is 2.02. The molecule has 1 atom stereocenters. The van der Waals surface area contributed by atoms with Crippen LogP contribution < -0.4 is 0 Å². The highest BCUT2D eigenvalue weighted by Crippen LogP contribution is 2.21. The molecular weight excluding hydrogens is 182 g/mol. The lowest BCUT2D eigenvalue weighted by Gasteiger charge is -2.26. The Hall–Kier alpha value is -1.68. The molecule has 1 aliphatic carbocycles. The molecule has 1 aliphatic rings. The summed E-state index contributed by atoms with van der Waals surface area (Å²) >= 11 is 0. The first kappa shape index (κ1) is 11.4. The molecule has 0 fully saturated rings. The number of allylic oxidation sites excluding steroid dienone is 5. The fraction of sp³-hybridized carbons (Fsp3) is 0.286. The molecule has 0 saturated heterocycles. The van der Waals surface area contributed by atoms with Crippen LogP contribution in [0.4, 0.5) is 0 Å². The van der Waals surface area contributed by atoms with E-state index in [0.717, 1.165) is 17.8 Å². The first-order valence-electron chi connectivity index (χ1n) is 5.08. The highest BCUT2D eigenvalue weighted by atomic mass is 15.1. The fourth-order valence-electron chi connectivity index (χ4n) is 1.43. The minimum atomic E-state index is 0.414. The topological polar surface area (TPSA) is 3.24 Å². The van der Waals surface area contributed by atoms with Crippen LogP contribution >= 0.6 is 0 Å². The van der Waals surface area contributed by atoms with Gasteiger partial charge in [0.25, 0.3) is 0 Å². The second-order valence-electron chi connectivity index (χ2n) is 3.67. The van der Waals surface area contributed by atoms with E-state index in [-0.39, 0.29) is 0 Å². The summed E-state index contributed by atoms with van der Waals surface area (Å²) in [6.07, 6.45) is 8.64. The molecule has 0 aromatic heterocycles. The number of hydrogen-bond donors (Lipinski definition) is 0. The van der Waals surface area contributed by atoms with E-state index < -0.39 is 0 Å². The molecule has 0 N–H and O–H groups in total. The maximum Gasteiger partial charge on any atom is 0.0496 e. The van der Waals surface area contributed by atoms with Crippen molar-refractivity contribution in [2.75, 3.05) is 7.05 Å². The van der Waals surface area contributed by atoms with Crippen molar-refractivity contribution in [1.82, 2.24) is 4.90 Å². The molecule has 0 aromatic carbocycles. The van der Waals surface area contributed by atoms with Crippen molar-refractivity contribution in [1.29, 1.82) is 0 Å². The Balaban J connectivity index is 2.69. The van der Waals surface area contributed by atoms with Crippen LogP contribution in [0.5, 0.6) is 0 Å². The average molecular weight is 199 g/mol. The highest BCUT2D eigenvalue weighted by Gasteiger charge is 2.11. The molecule has 1 nitrogen and oxygen atoms in total. The van der Waals surface area contributed by atoms with E-state index in [1.54, 1.807) is 0 Å². The predicted octanol–water partition coefficient (Wildman–Crippen LogP) is 3.41. The number of hydrogen-bond acceptors (Lipinski definition) is 1. The van der Waals surface area contributed by atoms with Gasteiger partial charge < -0.3 is 4.90 Å². The van der Waals surface area contributed by atoms with Crippen LogP contribution in [0.1, 0.15) is 13.3 Å². The summed E-state index contributed by atoms with van der Waals surface area (Å²) < 4.78 is 0. The Kier molecular flexibility index (Phi) is 4.00. The summed E-state index contributed by atoms with van der Waals surface area (Å²) in [6.45, 7) is 10.00. The SMILES string of the molecule is C=CCC(C)C(=C)N(C)C1=CC=C=C=C1. The number of rotatable bonds is 5. The van der Waals surface area contributed by atoms with Crippen LogP contribution in [0.3, 0.4) is 0 Å². The van der Waals surface area contributed by atoms with Crippen LogP contribution in [0, 0.1) is 5.92 Å². The zero-order valence-corrected chi connectivity index (χ0v) is 9.46. The van der Waals surface area contributed by atoms with Gasteiger partial charge in [-0.25, -0.2) is 0 Å². The molecule has 0 amide bonds. The zero-order chi connectivity index (χ0) is 11.3. The van der Waals surface area contributed by atoms with Gasteiger partial charge in [0.2, 0.25) is 0 Å². The second-order valence-corrected chi connectivity index (χ2v) is 3.67. The van der Waals surface area contributed by atoms with Crippen molar-refractivity contribution in [3.8, 4) is 0 Å². The van der Waals surface area contributed by atoms with E-state index in [9.17, 15) is 0 Å². The Morgan fingerprint density at radius 2 is 2.33 bits per heavy atom. The molecule has 0 bridgehead atoms. The van der Waals surface area contributed by atoms with Crippen molar-refractivity contribution in [2.24, 2.45) is 5.92 Å². The average Bonchev–Trinajstić information content (AvgIpc) is 2.28. The summed E-state index contributed by atoms with van der Waals surface area (Å²) in [6, 6.07) is 0. The quantitative estimate of drug-likeness (QED) is 0.484. The molecule has 0 saturated carbocycles. The van der Waals surface area contributed by atoms with Crippen LogP contribution in [-0.4, -0.2) is 11.9 Å². The first-order chi connectivity index (χ1) is 7.16. The van der Waals surface area contributed by atoms with Crippen molar-refractivity contribution >= 4 is 0 Å². The minimum absolute atomic E-state index is 0.414. The Morgan fingerprint density at radius 3 is 2.87 bits per heavy atom. The molecule has 1 unspecified atom stereocenters. The van der Waals surface area contributed by atoms with Gasteiger partial charge in [0, 0.05) is 24.5 Å². The fourth-order valence-corrected chi connectivity index (χ4v) is 1.43. The smallest absolute Gasteiger partial charge is 0.0496 e. The Bertz CT molecular complexity index is 386. The molecule has 0 radical (unpaired) electrons. The van der Waals surface area contributed by atoms with Gasteiger partial charge in [0.15, 0.2) is 0 Å². The van der Waals surface area contributed by atoms with Crippen LogP contribution in [-0.2, 0) is 0 Å². The van der Waals surface area contributed by atoms with Gasteiger partial charge in [-0.3, -0.25) is 0 Å². The predicted molar refractivity (Wildman–Crippen MR) is 65.1 cm³/mol. The third-order valence-electron chi connectivity index (χ3n) is 2.55. The summed E-state index contributed by atoms with van der Waals surface area (Å²) in [5, 5.41) is 0. The van der Waals surface area contributed by atoms with E-state index in [0.29, 0.717) is 5.92 Å². The van der Waals surface area contributed by atoms with Crippen molar-refractivity contribution in [3.05, 3.63) is 60.3 Å². The van der Waals surface area contributed by atoms with Crippen molar-refractivity contribution in [3.63, 3.8) is 0 Å². The lowest BCUT2D eigenvalue weighted by molar-refractivity contribution is 0.453. The maximum atomic E-state index is 4.10. The number of likely N-dealkylation sites (N-methyl/N-ethyl adjacent to an activating group) is 1. The van der Waals surface area contributed by atoms with Gasteiger partial charge in [-0.1, -0.05) is 31.0 Å². The van der Waals surface area contributed by atoms with Gasteiger partial charge >= 0.3 is 0 Å². The van der Waals surface area contributed by atoms with Crippen LogP contribution in [0.2, 0.25) is 0 Å². The van der Waals surface area contributed by atoms with E-state index in [1.807, 2.05) is 31.4 Å². The molecule has 0 heterocycles. The van der Waals surface area contributed by atoms with E-state index in [4.69, 9.17) is 0 Å². The lowest BCUT2D eigenvalue weighted by Crippen LogP contribution is -2.20. The molecular formula is C14H17N. The largest absolute Gasteiger partial charge is 0.348 e. The standard InChI is InChI=1S/C14H17N/c1-5-9-12(2)13(3)15(4)14-10-7-6-8-11-14/h5,7,10-12H,1,3,9H2,2,4H3. The number of nitrogens with zero attached hydrogens (tertiary/aromatic N) is 1. The summed E-state index contributed by atoms with van der Waals surface area (Å²) in [5.41, 5.74) is 8.01. The zero-order valence-electron chi connectivity index (χ0n) is 9.46. The monoisotopic (exact) mass is 199 g/mol. The van der Waals surface area contributed by atoms with Gasteiger partial charge in [0.05, 0.1) is 0 Å². The van der Waals surface area contributed by atoms with Gasteiger partial charge in [-0.2, -0.15) is 0 Å². The Morgan fingerprint density at radius 1 is 1.60 bits per heavy atom. The molecule has 1 heteroatoms. The highest BCUT2D eigenvalue weighted by molar-refractivity contribution is 5.29. The third-order valence-corrected chi connectivity index (χ3v) is 2.55. The molecule has 15 heavy (non-hydrogen) atoms. The van der Waals surface area contributed by atoms with Crippen LogP contribution in [0.25, 0.3) is 0 Å².